The summed E-state index contributed by atoms with van der Waals surface area (Å²) < 4.78 is 0. The van der Waals surface area contributed by atoms with Gasteiger partial charge in [0.1, 0.15) is 0 Å². The third kappa shape index (κ3) is 12.6. The van der Waals surface area contributed by atoms with Gasteiger partial charge < -0.3 is 10.5 Å². The second kappa shape index (κ2) is 23.7. The molecule has 6 saturated carbocycles. The van der Waals surface area contributed by atoms with Crippen molar-refractivity contribution in [1.29, 1.82) is 0 Å². The second-order valence-electron chi connectivity index (χ2n) is 14.6. The van der Waals surface area contributed by atoms with E-state index in [1.807, 2.05) is 0 Å². The van der Waals surface area contributed by atoms with Crippen LogP contribution in [0, 0.1) is 4.91 Å². The maximum absolute atomic E-state index is 7.25. The van der Waals surface area contributed by atoms with Gasteiger partial charge >= 0.3 is 27.9 Å². The Labute approximate surface area is 279 Å². The van der Waals surface area contributed by atoms with Crippen molar-refractivity contribution in [1.82, 2.24) is 0 Å². The summed E-state index contributed by atoms with van der Waals surface area (Å²) in [5.74, 6) is 0. The molecule has 42 heavy (non-hydrogen) atoms. The van der Waals surface area contributed by atoms with Crippen LogP contribution in [0.5, 0.6) is 0 Å². The van der Waals surface area contributed by atoms with E-state index in [0.717, 1.165) is 0 Å². The van der Waals surface area contributed by atoms with Crippen LogP contribution < -0.4 is 0 Å². The normalized spacial score (nSPS) is 26.4. The molecular formula is C36H66BrNNiOP2-. The molecule has 0 aromatic rings. The van der Waals surface area contributed by atoms with E-state index in [1.165, 1.54) is 72.5 Å². The van der Waals surface area contributed by atoms with Crippen LogP contribution in [0.1, 0.15) is 193 Å². The van der Waals surface area contributed by atoms with Crippen molar-refractivity contribution in [3.8, 4) is 0 Å². The molecule has 0 radical (unpaired) electrons. The van der Waals surface area contributed by atoms with E-state index in [2.05, 4.69) is 27.9 Å². The van der Waals surface area contributed by atoms with Crippen molar-refractivity contribution in [2.24, 2.45) is 0 Å². The summed E-state index contributed by atoms with van der Waals surface area (Å²) in [4.78, 5) is 7.25. The van der Waals surface area contributed by atoms with Gasteiger partial charge in [0.25, 0.3) is 0 Å². The van der Waals surface area contributed by atoms with E-state index >= 15 is 0 Å². The van der Waals surface area contributed by atoms with Gasteiger partial charge in [-0.1, -0.05) is 131 Å². The molecule has 249 valence electrons. The average molecular weight is 729 g/mol. The first kappa shape index (κ1) is 37.9. The van der Waals surface area contributed by atoms with Crippen LogP contribution in [0.15, 0.2) is 0 Å². The quantitative estimate of drug-likeness (QED) is 0.198. The van der Waals surface area contributed by atoms with Crippen LogP contribution in [-0.4, -0.2) is 34.0 Å². The van der Waals surface area contributed by atoms with Crippen LogP contribution in [0.4, 0.5) is 0 Å². The molecule has 0 N–H and O–H groups in total. The van der Waals surface area contributed by atoms with E-state index < -0.39 is 0 Å². The fraction of sp³-hybridized carbons (Fsp3) is 1.00. The van der Waals surface area contributed by atoms with Crippen molar-refractivity contribution in [3.05, 3.63) is 10.5 Å². The Kier molecular flexibility index (Phi) is 21.4. The maximum atomic E-state index is 7.25. The molecule has 0 spiro atoms. The van der Waals surface area contributed by atoms with Crippen LogP contribution >= 0.6 is 30.1 Å². The van der Waals surface area contributed by atoms with Gasteiger partial charge in [-0.15, -0.1) is 0 Å². The number of nitrogens with zero attached hydrogens (tertiary/aromatic N) is 1. The molecule has 0 aliphatic heterocycles. The van der Waals surface area contributed by atoms with Gasteiger partial charge in [0.15, 0.2) is 0 Å². The summed E-state index contributed by atoms with van der Waals surface area (Å²) in [7, 11) is 0.770. The predicted molar refractivity (Wildman–Crippen MR) is 191 cm³/mol. The van der Waals surface area contributed by atoms with Crippen molar-refractivity contribution < 1.29 is 13.7 Å². The van der Waals surface area contributed by atoms with Gasteiger partial charge in [-0.3, -0.25) is 0 Å². The predicted octanol–water partition coefficient (Wildman–Crippen LogP) is 14.1. The first-order chi connectivity index (χ1) is 20.9. The van der Waals surface area contributed by atoms with Crippen LogP contribution in [0.2, 0.25) is 0 Å². The van der Waals surface area contributed by atoms with E-state index in [9.17, 15) is 0 Å². The Morgan fingerprint density at radius 1 is 0.310 bits per heavy atom. The minimum atomic E-state index is 0.385. The number of halogens is 1. The molecule has 6 heteroatoms. The zero-order valence-corrected chi connectivity index (χ0v) is 31.5. The zero-order chi connectivity index (χ0) is 29.8. The third-order valence-electron chi connectivity index (χ3n) is 12.0. The first-order valence-electron chi connectivity index (χ1n) is 18.8. The average Bonchev–Trinajstić information content (AvgIpc) is 3.10. The summed E-state index contributed by atoms with van der Waals surface area (Å²) >= 11 is 6.25. The standard InChI is InChI=1S/2C18H33P.BrH.NO.Ni/c2*1-4-10-16(11-5-1)19(17-12-6-2-7-13-17)18-14-8-3-9-15-18;;1-2;/h2*16-18H,1-15H2;1H;;/q;;;-1;+1/p-1. The number of hydrogen-bond acceptors (Lipinski definition) is 1. The van der Waals surface area contributed by atoms with Gasteiger partial charge in [-0.25, -0.2) is 0 Å². The molecule has 0 saturated heterocycles. The second-order valence-corrected chi connectivity index (χ2v) is 20.8. The fourth-order valence-electron chi connectivity index (χ4n) is 10.1. The zero-order valence-electron chi connectivity index (χ0n) is 27.1. The van der Waals surface area contributed by atoms with Crippen molar-refractivity contribution in [3.63, 3.8) is 0 Å². The van der Waals surface area contributed by atoms with Crippen molar-refractivity contribution in [2.45, 2.75) is 227 Å². The molecule has 6 aliphatic rings. The summed E-state index contributed by atoms with van der Waals surface area (Å²) in [5, 5.41) is 0. The molecule has 0 aromatic heterocycles. The van der Waals surface area contributed by atoms with E-state index in [0.29, 0.717) is 15.8 Å². The molecule has 6 aliphatic carbocycles. The van der Waals surface area contributed by atoms with Crippen molar-refractivity contribution in [2.75, 3.05) is 0 Å². The summed E-state index contributed by atoms with van der Waals surface area (Å²) in [6.45, 7) is 0. The molecule has 0 bridgehead atoms. The molecule has 6 rings (SSSR count). The fourth-order valence-corrected chi connectivity index (χ4v) is 19.4. The van der Waals surface area contributed by atoms with Crippen molar-refractivity contribution >= 4 is 30.1 Å². The summed E-state index contributed by atoms with van der Waals surface area (Å²) in [6.07, 6.45) is 47.2. The molecule has 6 fully saturated rings. The Bertz CT molecular complexity index is 499. The Hall–Kier alpha value is 1.43. The molecule has 0 amide bonds. The van der Waals surface area contributed by atoms with Gasteiger partial charge in [-0.05, 0) is 111 Å². The third-order valence-corrected chi connectivity index (χ3v) is 20.1. The first-order valence-corrected chi connectivity index (χ1v) is 24.3. The van der Waals surface area contributed by atoms with E-state index in [1.54, 1.807) is 154 Å². The van der Waals surface area contributed by atoms with Gasteiger partial charge in [0.2, 0.25) is 0 Å². The molecule has 0 heterocycles. The van der Waals surface area contributed by atoms with E-state index in [-0.39, 0.29) is 0 Å². The molecular weight excluding hydrogens is 663 g/mol. The SMILES string of the molecule is C1CCC(P(C2CCCCC2)C2CCCCC2)CC1.C1CCC(P(C2CCCCC2)C2CCCCC2)CC1.[N-]=O.[Ni][Br]. The van der Waals surface area contributed by atoms with Crippen LogP contribution in [0.25, 0.3) is 5.59 Å². The molecule has 0 atom stereocenters. The van der Waals surface area contributed by atoms with Crippen LogP contribution in [0.3, 0.4) is 0 Å². The van der Waals surface area contributed by atoms with Crippen LogP contribution in [-0.2, 0) is 13.7 Å². The monoisotopic (exact) mass is 727 g/mol. The molecule has 0 unspecified atom stereocenters. The molecule has 2 nitrogen and oxygen atoms in total. The van der Waals surface area contributed by atoms with Gasteiger partial charge in [-0.2, -0.15) is 0 Å². The number of hydrogen-bond donors (Lipinski definition) is 0. The van der Waals surface area contributed by atoms with Gasteiger partial charge in [0.05, 0.1) is 0 Å². The van der Waals surface area contributed by atoms with E-state index in [4.69, 9.17) is 10.5 Å². The summed E-state index contributed by atoms with van der Waals surface area (Å²) in [6, 6.07) is 0. The Morgan fingerprint density at radius 2 is 0.429 bits per heavy atom. The number of rotatable bonds is 6. The minimum absolute atomic E-state index is 0.385. The summed E-state index contributed by atoms with van der Waals surface area (Å²) in [5.41, 5.74) is 12.9. The Balaban J connectivity index is 0.000000206. The van der Waals surface area contributed by atoms with Gasteiger partial charge in [0, 0.05) is 0 Å². The molecule has 0 aromatic carbocycles. The number of nitroso groups, excluding NO2 is 1. The topological polar surface area (TPSA) is 39.4 Å². The Morgan fingerprint density at radius 3 is 0.548 bits per heavy atom.